The quantitative estimate of drug-likeness (QED) is 0.508. The molecule has 8 heteroatoms. The zero-order valence-electron chi connectivity index (χ0n) is 17.3. The van der Waals surface area contributed by atoms with Crippen LogP contribution in [0.2, 0.25) is 0 Å². The van der Waals surface area contributed by atoms with E-state index in [-0.39, 0.29) is 23.6 Å². The summed E-state index contributed by atoms with van der Waals surface area (Å²) in [5.74, 6) is 1.93. The molecule has 1 aliphatic heterocycles. The molecule has 0 bridgehead atoms. The lowest BCUT2D eigenvalue weighted by atomic mass is 9.79. The van der Waals surface area contributed by atoms with Gasteiger partial charge in [-0.1, -0.05) is 11.8 Å². The number of hydrazone groups is 1. The van der Waals surface area contributed by atoms with Crippen molar-refractivity contribution in [3.05, 3.63) is 66.3 Å². The normalized spacial score (nSPS) is 22.0. The number of carbonyl (C=O) groups excluding carboxylic acids is 1. The number of nitrogens with zero attached hydrogens (tertiary/aromatic N) is 4. The smallest absolute Gasteiger partial charge is 0.253 e. The summed E-state index contributed by atoms with van der Waals surface area (Å²) in [7, 11) is 0. The van der Waals surface area contributed by atoms with E-state index in [1.807, 2.05) is 41.1 Å². The standard InChI is InChI=1S/C23H24N4O3S/c1-2-26-11-10-24-23(26)31-15-20(28)27-22(19-9-5-13-30-19)18-8-3-6-16(21(18)25-27)14-17-7-4-12-29-17/h4-5,7,9-14,18,22H,2-3,6,8,15H2,1H3/b16-14+. The molecule has 0 saturated heterocycles. The number of amides is 1. The summed E-state index contributed by atoms with van der Waals surface area (Å²) in [6.07, 6.45) is 12.0. The Balaban J connectivity index is 1.43. The van der Waals surface area contributed by atoms with Gasteiger partial charge in [-0.15, -0.1) is 0 Å². The summed E-state index contributed by atoms with van der Waals surface area (Å²) in [5.41, 5.74) is 2.10. The van der Waals surface area contributed by atoms with E-state index < -0.39 is 0 Å². The van der Waals surface area contributed by atoms with Gasteiger partial charge < -0.3 is 13.4 Å². The summed E-state index contributed by atoms with van der Waals surface area (Å²) in [6.45, 7) is 2.88. The molecule has 3 aromatic rings. The highest BCUT2D eigenvalue weighted by atomic mass is 32.2. The van der Waals surface area contributed by atoms with E-state index in [1.54, 1.807) is 23.7 Å². The lowest BCUT2D eigenvalue weighted by Crippen LogP contribution is -2.32. The van der Waals surface area contributed by atoms with Crippen molar-refractivity contribution >= 4 is 29.5 Å². The Morgan fingerprint density at radius 2 is 2.16 bits per heavy atom. The number of rotatable bonds is 6. The fraction of sp³-hybridized carbons (Fsp3) is 0.348. The predicted octanol–water partition coefficient (Wildman–Crippen LogP) is 5.00. The largest absolute Gasteiger partial charge is 0.467 e. The van der Waals surface area contributed by atoms with Gasteiger partial charge in [-0.25, -0.2) is 9.99 Å². The van der Waals surface area contributed by atoms with Gasteiger partial charge in [0.1, 0.15) is 17.6 Å². The molecular formula is C23H24N4O3S. The van der Waals surface area contributed by atoms with Crippen LogP contribution >= 0.6 is 11.8 Å². The summed E-state index contributed by atoms with van der Waals surface area (Å²) in [5, 5.41) is 7.31. The van der Waals surface area contributed by atoms with Crippen LogP contribution in [0.3, 0.4) is 0 Å². The van der Waals surface area contributed by atoms with Crippen LogP contribution in [0.15, 0.2) is 73.9 Å². The van der Waals surface area contributed by atoms with Gasteiger partial charge in [0.15, 0.2) is 5.16 Å². The predicted molar refractivity (Wildman–Crippen MR) is 118 cm³/mol. The molecule has 7 nitrogen and oxygen atoms in total. The molecule has 1 aliphatic carbocycles. The molecule has 31 heavy (non-hydrogen) atoms. The van der Waals surface area contributed by atoms with Gasteiger partial charge in [0.25, 0.3) is 5.91 Å². The highest BCUT2D eigenvalue weighted by molar-refractivity contribution is 7.99. The number of aromatic nitrogens is 2. The summed E-state index contributed by atoms with van der Waals surface area (Å²) in [6, 6.07) is 7.40. The molecule has 0 aromatic carbocycles. The molecule has 1 fully saturated rings. The van der Waals surface area contributed by atoms with Gasteiger partial charge in [0.2, 0.25) is 0 Å². The number of fused-ring (bicyclic) bond motifs is 1. The summed E-state index contributed by atoms with van der Waals surface area (Å²) < 4.78 is 13.3. The zero-order valence-corrected chi connectivity index (χ0v) is 18.1. The first-order valence-electron chi connectivity index (χ1n) is 10.6. The Morgan fingerprint density at radius 3 is 2.94 bits per heavy atom. The average Bonchev–Trinajstić information content (AvgIpc) is 3.58. The van der Waals surface area contributed by atoms with E-state index in [0.717, 1.165) is 53.8 Å². The van der Waals surface area contributed by atoms with Gasteiger partial charge in [-0.2, -0.15) is 5.10 Å². The maximum Gasteiger partial charge on any atom is 0.253 e. The molecule has 2 aliphatic rings. The molecule has 5 rings (SSSR count). The Morgan fingerprint density at radius 1 is 1.29 bits per heavy atom. The monoisotopic (exact) mass is 436 g/mol. The number of carbonyl (C=O) groups is 1. The zero-order chi connectivity index (χ0) is 21.2. The van der Waals surface area contributed by atoms with Gasteiger partial charge in [0, 0.05) is 24.9 Å². The van der Waals surface area contributed by atoms with Gasteiger partial charge in [-0.3, -0.25) is 4.79 Å². The fourth-order valence-corrected chi connectivity index (χ4v) is 5.24. The van der Waals surface area contributed by atoms with E-state index in [2.05, 4.69) is 11.9 Å². The van der Waals surface area contributed by atoms with E-state index in [4.69, 9.17) is 13.9 Å². The van der Waals surface area contributed by atoms with Gasteiger partial charge in [0.05, 0.1) is 24.0 Å². The molecular weight excluding hydrogens is 412 g/mol. The minimum absolute atomic E-state index is 0.0451. The van der Waals surface area contributed by atoms with Gasteiger partial charge in [-0.05, 0) is 62.1 Å². The van der Waals surface area contributed by atoms with Crippen molar-refractivity contribution in [2.45, 2.75) is 43.9 Å². The number of imidazole rings is 1. The molecule has 1 saturated carbocycles. The minimum atomic E-state index is -0.218. The maximum atomic E-state index is 13.3. The molecule has 4 heterocycles. The first kappa shape index (κ1) is 19.9. The van der Waals surface area contributed by atoms with E-state index in [0.29, 0.717) is 0 Å². The van der Waals surface area contributed by atoms with Crippen molar-refractivity contribution in [2.75, 3.05) is 5.75 Å². The molecule has 2 unspecified atom stereocenters. The number of hydrogen-bond donors (Lipinski definition) is 0. The highest BCUT2D eigenvalue weighted by Gasteiger charge is 2.45. The number of allylic oxidation sites excluding steroid dienone is 1. The van der Waals surface area contributed by atoms with Crippen molar-refractivity contribution in [1.29, 1.82) is 0 Å². The van der Waals surface area contributed by atoms with E-state index in [9.17, 15) is 4.79 Å². The molecule has 3 aromatic heterocycles. The Labute approximate surface area is 184 Å². The SMILES string of the molecule is CCn1ccnc1SCC(=O)N1N=C2/C(=C/c3ccco3)CCCC2C1c1ccco1. The molecule has 160 valence electrons. The van der Waals surface area contributed by atoms with Crippen molar-refractivity contribution < 1.29 is 13.6 Å². The molecule has 0 radical (unpaired) electrons. The summed E-state index contributed by atoms with van der Waals surface area (Å²) >= 11 is 1.44. The maximum absolute atomic E-state index is 13.3. The number of hydrogen-bond acceptors (Lipinski definition) is 6. The van der Waals surface area contributed by atoms with Gasteiger partial charge >= 0.3 is 0 Å². The molecule has 2 atom stereocenters. The van der Waals surface area contributed by atoms with Crippen molar-refractivity contribution in [1.82, 2.24) is 14.6 Å². The van der Waals surface area contributed by atoms with Crippen molar-refractivity contribution in [3.8, 4) is 0 Å². The second-order valence-corrected chi connectivity index (χ2v) is 8.59. The van der Waals surface area contributed by atoms with Crippen LogP contribution in [0.1, 0.15) is 43.7 Å². The van der Waals surface area contributed by atoms with E-state index >= 15 is 0 Å². The van der Waals surface area contributed by atoms with Crippen LogP contribution < -0.4 is 0 Å². The second kappa shape index (κ2) is 8.63. The van der Waals surface area contributed by atoms with Crippen LogP contribution in [0.25, 0.3) is 6.08 Å². The topological polar surface area (TPSA) is 76.8 Å². The molecule has 0 spiro atoms. The first-order chi connectivity index (χ1) is 15.2. The molecule has 1 amide bonds. The van der Waals surface area contributed by atoms with Crippen molar-refractivity contribution in [2.24, 2.45) is 11.0 Å². The fourth-order valence-electron chi connectivity index (χ4n) is 4.36. The number of aryl methyl sites for hydroxylation is 1. The third-order valence-electron chi connectivity index (χ3n) is 5.79. The van der Waals surface area contributed by atoms with Crippen LogP contribution in [0.5, 0.6) is 0 Å². The highest BCUT2D eigenvalue weighted by Crippen LogP contribution is 2.44. The van der Waals surface area contributed by atoms with Crippen LogP contribution in [-0.4, -0.2) is 31.9 Å². The summed E-state index contributed by atoms with van der Waals surface area (Å²) in [4.78, 5) is 17.7. The first-order valence-corrected chi connectivity index (χ1v) is 11.6. The third kappa shape index (κ3) is 3.87. The van der Waals surface area contributed by atoms with Crippen LogP contribution in [0.4, 0.5) is 0 Å². The third-order valence-corrected chi connectivity index (χ3v) is 6.78. The van der Waals surface area contributed by atoms with E-state index in [1.165, 1.54) is 11.8 Å². The van der Waals surface area contributed by atoms with Crippen LogP contribution in [-0.2, 0) is 11.3 Å². The Bertz CT molecular complexity index is 1100. The Kier molecular flexibility index (Phi) is 5.55. The average molecular weight is 437 g/mol. The minimum Gasteiger partial charge on any atom is -0.467 e. The second-order valence-electron chi connectivity index (χ2n) is 7.65. The number of furan rings is 2. The van der Waals surface area contributed by atoms with Crippen LogP contribution in [0, 0.1) is 5.92 Å². The number of thioether (sulfide) groups is 1. The van der Waals surface area contributed by atoms with Crippen molar-refractivity contribution in [3.63, 3.8) is 0 Å². The Hall–Kier alpha value is -3.00. The molecule has 0 N–H and O–H groups in total. The lowest BCUT2D eigenvalue weighted by Gasteiger charge is -2.27. The lowest BCUT2D eigenvalue weighted by molar-refractivity contribution is -0.131.